The minimum atomic E-state index is -3.67. The monoisotopic (exact) mass is 408 g/mol. The number of carbonyl (C=O) groups is 1. The molecule has 1 aliphatic rings. The summed E-state index contributed by atoms with van der Waals surface area (Å²) in [5.41, 5.74) is 0.825. The quantitative estimate of drug-likeness (QED) is 0.812. The van der Waals surface area contributed by atoms with Gasteiger partial charge in [0.2, 0.25) is 10.0 Å². The molecule has 1 amide bonds. The van der Waals surface area contributed by atoms with Crippen molar-refractivity contribution in [2.75, 3.05) is 33.2 Å². The van der Waals surface area contributed by atoms with Crippen molar-refractivity contribution < 1.29 is 13.2 Å². The van der Waals surface area contributed by atoms with Crippen molar-refractivity contribution in [3.8, 4) is 0 Å². The molecule has 3 rings (SSSR count). The van der Waals surface area contributed by atoms with Gasteiger partial charge in [-0.3, -0.25) is 9.78 Å². The van der Waals surface area contributed by atoms with Crippen LogP contribution in [0.1, 0.15) is 16.1 Å². The molecule has 0 aliphatic carbocycles. The molecule has 9 heteroatoms. The van der Waals surface area contributed by atoms with Crippen LogP contribution in [0.25, 0.3) is 0 Å². The number of likely N-dealkylation sites (N-methyl/N-ethyl adjacent to an activating group) is 1. The zero-order valence-electron chi connectivity index (χ0n) is 14.9. The lowest BCUT2D eigenvalue weighted by atomic mass is 10.2. The number of piperazine rings is 1. The van der Waals surface area contributed by atoms with Crippen LogP contribution in [0.15, 0.2) is 47.5 Å². The molecule has 144 valence electrons. The highest BCUT2D eigenvalue weighted by Gasteiger charge is 2.28. The molecule has 1 aromatic carbocycles. The van der Waals surface area contributed by atoms with E-state index in [1.54, 1.807) is 18.3 Å². The first kappa shape index (κ1) is 19.8. The molecule has 0 saturated carbocycles. The zero-order chi connectivity index (χ0) is 19.4. The second kappa shape index (κ2) is 8.35. The van der Waals surface area contributed by atoms with Crippen LogP contribution in [0.4, 0.5) is 0 Å². The van der Waals surface area contributed by atoms with E-state index in [-0.39, 0.29) is 22.0 Å². The maximum atomic E-state index is 12.9. The molecule has 1 saturated heterocycles. The first-order valence-electron chi connectivity index (χ1n) is 8.54. The number of aromatic nitrogens is 1. The van der Waals surface area contributed by atoms with Gasteiger partial charge in [-0.15, -0.1) is 0 Å². The van der Waals surface area contributed by atoms with E-state index in [1.807, 2.05) is 13.1 Å². The van der Waals surface area contributed by atoms with Gasteiger partial charge in [-0.25, -0.2) is 8.42 Å². The number of sulfonamides is 1. The number of halogens is 1. The summed E-state index contributed by atoms with van der Waals surface area (Å²) in [4.78, 5) is 18.8. The number of nitrogens with zero attached hydrogens (tertiary/aromatic N) is 3. The molecule has 0 atom stereocenters. The molecule has 0 spiro atoms. The van der Waals surface area contributed by atoms with Crippen LogP contribution < -0.4 is 5.32 Å². The Bertz CT molecular complexity index is 913. The van der Waals surface area contributed by atoms with Gasteiger partial charge in [0.05, 0.1) is 27.7 Å². The summed E-state index contributed by atoms with van der Waals surface area (Å²) < 4.78 is 27.2. The van der Waals surface area contributed by atoms with Crippen LogP contribution in [0, 0.1) is 0 Å². The second-order valence-corrected chi connectivity index (χ2v) is 8.70. The molecule has 1 aromatic heterocycles. The molecular formula is C18H21ClN4O3S. The second-order valence-electron chi connectivity index (χ2n) is 6.35. The van der Waals surface area contributed by atoms with Gasteiger partial charge in [-0.05, 0) is 37.4 Å². The summed E-state index contributed by atoms with van der Waals surface area (Å²) in [6.45, 7) is 2.41. The maximum Gasteiger partial charge on any atom is 0.253 e. The molecule has 27 heavy (non-hydrogen) atoms. The Hall–Kier alpha value is -2.00. The minimum Gasteiger partial charge on any atom is -0.346 e. The maximum absolute atomic E-state index is 12.9. The van der Waals surface area contributed by atoms with Crippen molar-refractivity contribution in [2.24, 2.45) is 0 Å². The van der Waals surface area contributed by atoms with E-state index in [9.17, 15) is 13.2 Å². The van der Waals surface area contributed by atoms with Crippen molar-refractivity contribution in [3.05, 3.63) is 58.9 Å². The van der Waals surface area contributed by atoms with Crippen molar-refractivity contribution >= 4 is 27.5 Å². The van der Waals surface area contributed by atoms with Gasteiger partial charge in [-0.2, -0.15) is 4.31 Å². The molecular weight excluding hydrogens is 388 g/mol. The molecule has 7 nitrogen and oxygen atoms in total. The number of rotatable bonds is 5. The molecule has 0 unspecified atom stereocenters. The summed E-state index contributed by atoms with van der Waals surface area (Å²) in [5, 5.41) is 2.92. The van der Waals surface area contributed by atoms with E-state index in [2.05, 4.69) is 15.2 Å². The van der Waals surface area contributed by atoms with E-state index in [4.69, 9.17) is 11.6 Å². The van der Waals surface area contributed by atoms with Gasteiger partial charge in [0, 0.05) is 32.4 Å². The van der Waals surface area contributed by atoms with Crippen LogP contribution in [0.2, 0.25) is 5.02 Å². The van der Waals surface area contributed by atoms with Gasteiger partial charge in [0.1, 0.15) is 0 Å². The van der Waals surface area contributed by atoms with Crippen molar-refractivity contribution in [1.29, 1.82) is 0 Å². The molecule has 1 aliphatic heterocycles. The van der Waals surface area contributed by atoms with Crippen LogP contribution >= 0.6 is 11.6 Å². The zero-order valence-corrected chi connectivity index (χ0v) is 16.5. The average Bonchev–Trinajstić information content (AvgIpc) is 2.67. The van der Waals surface area contributed by atoms with Gasteiger partial charge in [0.15, 0.2) is 0 Å². The summed E-state index contributed by atoms with van der Waals surface area (Å²) in [6.07, 6.45) is 1.64. The smallest absolute Gasteiger partial charge is 0.253 e. The highest BCUT2D eigenvalue weighted by molar-refractivity contribution is 7.89. The Kier molecular flexibility index (Phi) is 6.11. The summed E-state index contributed by atoms with van der Waals surface area (Å²) in [7, 11) is -1.72. The first-order chi connectivity index (χ1) is 12.9. The molecule has 2 heterocycles. The highest BCUT2D eigenvalue weighted by Crippen LogP contribution is 2.24. The molecule has 2 aromatic rings. The van der Waals surface area contributed by atoms with Gasteiger partial charge in [0.25, 0.3) is 5.91 Å². The third kappa shape index (κ3) is 4.65. The Labute approximate surface area is 164 Å². The Morgan fingerprint density at radius 1 is 1.19 bits per heavy atom. The van der Waals surface area contributed by atoms with Crippen LogP contribution in [-0.4, -0.2) is 61.7 Å². The van der Waals surface area contributed by atoms with E-state index in [0.717, 1.165) is 0 Å². The van der Waals surface area contributed by atoms with Crippen LogP contribution in [-0.2, 0) is 16.6 Å². The number of nitrogens with one attached hydrogen (secondary N) is 1. The normalized spacial score (nSPS) is 16.2. The molecule has 1 N–H and O–H groups in total. The fraction of sp³-hybridized carbons (Fsp3) is 0.333. The first-order valence-corrected chi connectivity index (χ1v) is 10.4. The number of carbonyl (C=O) groups excluding carboxylic acids is 1. The van der Waals surface area contributed by atoms with Gasteiger partial charge < -0.3 is 10.2 Å². The van der Waals surface area contributed by atoms with Crippen molar-refractivity contribution in [3.63, 3.8) is 0 Å². The number of hydrogen-bond acceptors (Lipinski definition) is 5. The minimum absolute atomic E-state index is 0.0689. The topological polar surface area (TPSA) is 82.6 Å². The SMILES string of the molecule is CN1CCN(S(=O)(=O)c2ccc(Cl)c(C(=O)NCc3ccccn3)c2)CC1. The number of hydrogen-bond donors (Lipinski definition) is 1. The lowest BCUT2D eigenvalue weighted by molar-refractivity contribution is 0.0950. The lowest BCUT2D eigenvalue weighted by Crippen LogP contribution is -2.47. The van der Waals surface area contributed by atoms with Crippen LogP contribution in [0.3, 0.4) is 0 Å². The number of pyridine rings is 1. The van der Waals surface area contributed by atoms with E-state index >= 15 is 0 Å². The fourth-order valence-electron chi connectivity index (χ4n) is 2.79. The Balaban J connectivity index is 1.78. The van der Waals surface area contributed by atoms with Crippen molar-refractivity contribution in [1.82, 2.24) is 19.5 Å². The Morgan fingerprint density at radius 3 is 2.59 bits per heavy atom. The number of amides is 1. The van der Waals surface area contributed by atoms with Gasteiger partial charge >= 0.3 is 0 Å². The van der Waals surface area contributed by atoms with Gasteiger partial charge in [-0.1, -0.05) is 17.7 Å². The third-order valence-electron chi connectivity index (χ3n) is 4.44. The predicted molar refractivity (Wildman–Crippen MR) is 103 cm³/mol. The Morgan fingerprint density at radius 2 is 1.93 bits per heavy atom. The average molecular weight is 409 g/mol. The lowest BCUT2D eigenvalue weighted by Gasteiger charge is -2.31. The number of benzene rings is 1. The summed E-state index contributed by atoms with van der Waals surface area (Å²) in [5.74, 6) is -0.443. The molecule has 1 fully saturated rings. The van der Waals surface area contributed by atoms with E-state index < -0.39 is 15.9 Å². The largest absolute Gasteiger partial charge is 0.346 e. The molecule has 0 radical (unpaired) electrons. The van der Waals surface area contributed by atoms with E-state index in [0.29, 0.717) is 31.9 Å². The van der Waals surface area contributed by atoms with Crippen LogP contribution in [0.5, 0.6) is 0 Å². The molecule has 0 bridgehead atoms. The highest BCUT2D eigenvalue weighted by atomic mass is 35.5. The summed E-state index contributed by atoms with van der Waals surface area (Å²) in [6, 6.07) is 9.62. The summed E-state index contributed by atoms with van der Waals surface area (Å²) >= 11 is 6.14. The fourth-order valence-corrected chi connectivity index (χ4v) is 4.44. The van der Waals surface area contributed by atoms with Crippen molar-refractivity contribution in [2.45, 2.75) is 11.4 Å². The third-order valence-corrected chi connectivity index (χ3v) is 6.66. The van der Waals surface area contributed by atoms with E-state index in [1.165, 1.54) is 22.5 Å². The predicted octanol–water partition coefficient (Wildman–Crippen LogP) is 1.60. The standard InChI is InChI=1S/C18H21ClN4O3S/c1-22-8-10-23(11-9-22)27(25,26)15-5-6-17(19)16(12-15)18(24)21-13-14-4-2-3-7-20-14/h2-7,12H,8-11,13H2,1H3,(H,21,24).